The molecule has 0 spiro atoms. The molecule has 2 N–H and O–H groups in total. The van der Waals surface area contributed by atoms with Gasteiger partial charge in [0, 0.05) is 23.5 Å². The topological polar surface area (TPSA) is 64.0 Å². The Morgan fingerprint density at radius 1 is 0.625 bits per heavy atom. The van der Waals surface area contributed by atoms with E-state index in [0.717, 1.165) is 73.9 Å². The van der Waals surface area contributed by atoms with E-state index in [4.69, 9.17) is 0 Å². The Hall–Kier alpha value is -2.37. The predicted molar refractivity (Wildman–Crippen MR) is 129 cm³/mol. The van der Waals surface area contributed by atoms with Crippen molar-refractivity contribution in [1.82, 2.24) is 0 Å². The van der Waals surface area contributed by atoms with Gasteiger partial charge in [0.05, 0.1) is 13.2 Å². The molecule has 5 nitrogen and oxygen atoms in total. The van der Waals surface area contributed by atoms with E-state index in [1.807, 2.05) is 58.3 Å². The highest BCUT2D eigenvalue weighted by molar-refractivity contribution is 6.04. The molecule has 0 heterocycles. The molecule has 0 bridgehead atoms. The lowest BCUT2D eigenvalue weighted by Gasteiger charge is -2.42. The molecule has 172 valence electrons. The van der Waals surface area contributed by atoms with Crippen LogP contribution in [0.5, 0.6) is 0 Å². The fraction of sp³-hybridized carbons (Fsp3) is 0.519. The predicted octanol–water partition coefficient (Wildman–Crippen LogP) is 5.77. The van der Waals surface area contributed by atoms with Gasteiger partial charge in [-0.3, -0.25) is 9.80 Å². The van der Waals surface area contributed by atoms with Crippen LogP contribution >= 0.6 is 0 Å². The molecule has 32 heavy (non-hydrogen) atoms. The van der Waals surface area contributed by atoms with Gasteiger partial charge in [-0.2, -0.15) is 0 Å². The van der Waals surface area contributed by atoms with Crippen molar-refractivity contribution < 1.29 is 15.0 Å². The Morgan fingerprint density at radius 3 is 1.28 bits per heavy atom. The van der Waals surface area contributed by atoms with Crippen molar-refractivity contribution >= 4 is 17.4 Å². The molecule has 0 radical (unpaired) electrons. The Balaban J connectivity index is 1.71. The summed E-state index contributed by atoms with van der Waals surface area (Å²) in [5.74, 6) is 0. The quantitative estimate of drug-likeness (QED) is 0.604. The molecule has 0 aliphatic heterocycles. The summed E-state index contributed by atoms with van der Waals surface area (Å²) >= 11 is 0. The molecule has 5 heteroatoms. The lowest BCUT2D eigenvalue weighted by Crippen LogP contribution is -2.53. The van der Waals surface area contributed by atoms with E-state index in [-0.39, 0.29) is 31.3 Å². The van der Waals surface area contributed by atoms with Crippen molar-refractivity contribution in [2.45, 2.75) is 89.5 Å². The average Bonchev–Trinajstić information content (AvgIpc) is 2.86. The molecule has 2 aliphatic rings. The number of anilines is 2. The molecule has 4 rings (SSSR count). The van der Waals surface area contributed by atoms with E-state index in [1.54, 1.807) is 0 Å². The Morgan fingerprint density at radius 2 is 0.969 bits per heavy atom. The van der Waals surface area contributed by atoms with Gasteiger partial charge in [0.15, 0.2) is 0 Å². The zero-order chi connectivity index (χ0) is 22.3. The first-order chi connectivity index (χ1) is 15.7. The van der Waals surface area contributed by atoms with Crippen molar-refractivity contribution in [1.29, 1.82) is 0 Å². The summed E-state index contributed by atoms with van der Waals surface area (Å²) in [6.45, 7) is 0.00607. The smallest absolute Gasteiger partial charge is 0.329 e. The average molecular weight is 437 g/mol. The van der Waals surface area contributed by atoms with Crippen LogP contribution in [0.1, 0.15) is 75.3 Å². The summed E-state index contributed by atoms with van der Waals surface area (Å²) < 4.78 is 0. The number of carbonyl (C=O) groups excluding carboxylic acids is 1. The lowest BCUT2D eigenvalue weighted by atomic mass is 9.92. The van der Waals surface area contributed by atoms with Gasteiger partial charge >= 0.3 is 6.03 Å². The molecule has 2 saturated carbocycles. The third-order valence-corrected chi connectivity index (χ3v) is 7.09. The van der Waals surface area contributed by atoms with Crippen LogP contribution in [-0.2, 0) is 13.2 Å². The highest BCUT2D eigenvalue weighted by Crippen LogP contribution is 2.34. The molecule has 2 amide bonds. The van der Waals surface area contributed by atoms with Crippen LogP contribution in [0.3, 0.4) is 0 Å². The summed E-state index contributed by atoms with van der Waals surface area (Å²) in [5, 5.41) is 18.9. The van der Waals surface area contributed by atoms with E-state index < -0.39 is 0 Å². The largest absolute Gasteiger partial charge is 0.392 e. The summed E-state index contributed by atoms with van der Waals surface area (Å²) in [6.07, 6.45) is 11.2. The van der Waals surface area contributed by atoms with Crippen molar-refractivity contribution in [3.05, 3.63) is 59.7 Å². The number of carbonyl (C=O) groups is 1. The van der Waals surface area contributed by atoms with E-state index in [1.165, 1.54) is 12.8 Å². The van der Waals surface area contributed by atoms with Crippen LogP contribution in [-0.4, -0.2) is 28.3 Å². The Bertz CT molecular complexity index is 782. The van der Waals surface area contributed by atoms with Gasteiger partial charge in [0.1, 0.15) is 0 Å². The van der Waals surface area contributed by atoms with Crippen molar-refractivity contribution in [3.8, 4) is 0 Å². The van der Waals surface area contributed by atoms with Crippen LogP contribution in [0.4, 0.5) is 16.2 Å². The van der Waals surface area contributed by atoms with E-state index in [0.29, 0.717) is 0 Å². The maximum atomic E-state index is 14.3. The molecule has 2 aliphatic carbocycles. The van der Waals surface area contributed by atoms with Gasteiger partial charge in [-0.1, -0.05) is 62.8 Å². The number of nitrogens with zero attached hydrogens (tertiary/aromatic N) is 2. The number of benzene rings is 2. The molecule has 2 aromatic rings. The van der Waals surface area contributed by atoms with Crippen LogP contribution < -0.4 is 9.80 Å². The van der Waals surface area contributed by atoms with Crippen molar-refractivity contribution in [2.24, 2.45) is 0 Å². The van der Waals surface area contributed by atoms with Gasteiger partial charge in [-0.15, -0.1) is 0 Å². The fourth-order valence-electron chi connectivity index (χ4n) is 5.27. The second kappa shape index (κ2) is 11.0. The lowest BCUT2D eigenvalue weighted by molar-refractivity contribution is 0.241. The SMILES string of the molecule is O=C(N(c1ccc(CO)cc1)C1CCCCC1)N(c1ccc(CO)cc1)C1CCCCC1. The number of aliphatic hydroxyl groups is 2. The molecular formula is C27H36N2O3. The Labute approximate surface area is 191 Å². The molecule has 2 aromatic carbocycles. The van der Waals surface area contributed by atoms with Gasteiger partial charge in [0.25, 0.3) is 0 Å². The normalized spacial score (nSPS) is 17.8. The zero-order valence-corrected chi connectivity index (χ0v) is 19.0. The molecule has 0 aromatic heterocycles. The first-order valence-electron chi connectivity index (χ1n) is 12.2. The van der Waals surface area contributed by atoms with Crippen molar-refractivity contribution in [3.63, 3.8) is 0 Å². The second-order valence-electron chi connectivity index (χ2n) is 9.26. The number of rotatable bonds is 6. The molecule has 0 saturated heterocycles. The van der Waals surface area contributed by atoms with Gasteiger partial charge in [-0.05, 0) is 61.1 Å². The number of hydrogen-bond acceptors (Lipinski definition) is 3. The van der Waals surface area contributed by atoms with Crippen LogP contribution in [0.15, 0.2) is 48.5 Å². The molecule has 2 fully saturated rings. The van der Waals surface area contributed by atoms with Crippen molar-refractivity contribution in [2.75, 3.05) is 9.80 Å². The maximum Gasteiger partial charge on any atom is 0.329 e. The van der Waals surface area contributed by atoms with Crippen LogP contribution in [0.25, 0.3) is 0 Å². The number of aliphatic hydroxyl groups excluding tert-OH is 2. The first-order valence-corrected chi connectivity index (χ1v) is 12.2. The van der Waals surface area contributed by atoms with Gasteiger partial charge < -0.3 is 10.2 Å². The number of amides is 2. The first kappa shape index (κ1) is 22.8. The summed E-state index contributed by atoms with van der Waals surface area (Å²) in [6, 6.07) is 16.0. The van der Waals surface area contributed by atoms with Crippen LogP contribution in [0.2, 0.25) is 0 Å². The highest BCUT2D eigenvalue weighted by atomic mass is 16.3. The molecular weight excluding hydrogens is 400 g/mol. The standard InChI is InChI=1S/C27H36N2O3/c30-19-21-11-15-25(16-12-21)28(23-7-3-1-4-8-23)27(32)29(24-9-5-2-6-10-24)26-17-13-22(20-31)14-18-26/h11-18,23-24,30-31H,1-10,19-20H2. The third kappa shape index (κ3) is 5.16. The fourth-order valence-corrected chi connectivity index (χ4v) is 5.27. The minimum absolute atomic E-state index is 0.00304. The second-order valence-corrected chi connectivity index (χ2v) is 9.26. The Kier molecular flexibility index (Phi) is 7.82. The summed E-state index contributed by atoms with van der Waals surface area (Å²) in [5.41, 5.74) is 3.53. The minimum Gasteiger partial charge on any atom is -0.392 e. The highest BCUT2D eigenvalue weighted by Gasteiger charge is 2.35. The molecule has 0 unspecified atom stereocenters. The number of urea groups is 1. The summed E-state index contributed by atoms with van der Waals surface area (Å²) in [4.78, 5) is 18.4. The molecule has 0 atom stereocenters. The summed E-state index contributed by atoms with van der Waals surface area (Å²) in [7, 11) is 0. The van der Waals surface area contributed by atoms with Gasteiger partial charge in [0.2, 0.25) is 0 Å². The maximum absolute atomic E-state index is 14.3. The van der Waals surface area contributed by atoms with E-state index in [9.17, 15) is 15.0 Å². The van der Waals surface area contributed by atoms with Crippen LogP contribution in [0, 0.1) is 0 Å². The number of hydrogen-bond donors (Lipinski definition) is 2. The van der Waals surface area contributed by atoms with E-state index >= 15 is 0 Å². The monoisotopic (exact) mass is 436 g/mol. The minimum atomic E-state index is 0.00304. The van der Waals surface area contributed by atoms with Gasteiger partial charge in [-0.25, -0.2) is 4.79 Å². The van der Waals surface area contributed by atoms with E-state index in [2.05, 4.69) is 0 Å². The zero-order valence-electron chi connectivity index (χ0n) is 19.0. The third-order valence-electron chi connectivity index (χ3n) is 7.09.